The molecule has 0 fully saturated rings. The number of benzene rings is 1. The number of allylic oxidation sites excluding steroid dienone is 3. The summed E-state index contributed by atoms with van der Waals surface area (Å²) in [6.45, 7) is 0. The Morgan fingerprint density at radius 2 is 1.65 bits per heavy atom. The maximum Gasteiger partial charge on any atom is 0.269 e. The quantitative estimate of drug-likeness (QED) is 0.485. The van der Waals surface area contributed by atoms with E-state index < -0.39 is 9.85 Å². The molecule has 0 spiro atoms. The van der Waals surface area contributed by atoms with Gasteiger partial charge in [0.25, 0.3) is 11.4 Å². The lowest BCUT2D eigenvalue weighted by Crippen LogP contribution is -2.02. The van der Waals surface area contributed by atoms with Gasteiger partial charge in [0, 0.05) is 36.0 Å². The lowest BCUT2D eigenvalue weighted by Gasteiger charge is -1.97. The number of hydrogen-bond donors (Lipinski definition) is 2. The second-order valence-electron chi connectivity index (χ2n) is 3.80. The number of rotatable bonds is 2. The van der Waals surface area contributed by atoms with Crippen LogP contribution in [-0.4, -0.2) is 15.6 Å². The molecule has 0 saturated carbocycles. The first kappa shape index (κ1) is 15.0. The van der Waals surface area contributed by atoms with Crippen molar-refractivity contribution in [1.29, 1.82) is 5.41 Å². The average Bonchev–Trinajstić information content (AvgIpc) is 2.40. The summed E-state index contributed by atoms with van der Waals surface area (Å²) in [4.78, 5) is 19.2. The van der Waals surface area contributed by atoms with Gasteiger partial charge in [0.05, 0.1) is 9.85 Å². The van der Waals surface area contributed by atoms with Crippen LogP contribution in [0.3, 0.4) is 0 Å². The molecule has 0 aromatic heterocycles. The molecule has 0 atom stereocenters. The van der Waals surface area contributed by atoms with Gasteiger partial charge in [-0.25, -0.2) is 0 Å². The van der Waals surface area contributed by atoms with E-state index in [1.165, 1.54) is 42.5 Å². The van der Waals surface area contributed by atoms with Crippen LogP contribution in [-0.2, 0) is 0 Å². The van der Waals surface area contributed by atoms with Crippen molar-refractivity contribution in [3.05, 3.63) is 68.4 Å². The van der Waals surface area contributed by atoms with Gasteiger partial charge in [-0.1, -0.05) is 0 Å². The van der Waals surface area contributed by atoms with Crippen LogP contribution in [0.5, 0.6) is 0 Å². The summed E-state index contributed by atoms with van der Waals surface area (Å²) in [5.74, 6) is 0. The summed E-state index contributed by atoms with van der Waals surface area (Å²) in [5.41, 5.74) is 6.39. The standard InChI is InChI=1S/2C6H6N2O2/c2*7-5-1-3-6(4-2-5)8(9)10/h1,3-4,7H,2H2;1-4H,7H2. The van der Waals surface area contributed by atoms with E-state index in [0.717, 1.165) is 0 Å². The first-order chi connectivity index (χ1) is 9.40. The van der Waals surface area contributed by atoms with Crippen LogP contribution in [0.1, 0.15) is 6.42 Å². The molecule has 1 aromatic carbocycles. The van der Waals surface area contributed by atoms with Crippen molar-refractivity contribution >= 4 is 17.1 Å². The summed E-state index contributed by atoms with van der Waals surface area (Å²) >= 11 is 0. The molecular weight excluding hydrogens is 264 g/mol. The molecule has 8 heteroatoms. The van der Waals surface area contributed by atoms with Crippen LogP contribution >= 0.6 is 0 Å². The van der Waals surface area contributed by atoms with Gasteiger partial charge in [0.1, 0.15) is 0 Å². The Balaban J connectivity index is 0.000000200. The minimum atomic E-state index is -0.459. The Morgan fingerprint density at radius 3 is 2.05 bits per heavy atom. The number of non-ortho nitro benzene ring substituents is 1. The van der Waals surface area contributed by atoms with E-state index in [9.17, 15) is 20.2 Å². The molecule has 8 nitrogen and oxygen atoms in total. The van der Waals surface area contributed by atoms with Gasteiger partial charge in [-0.3, -0.25) is 20.2 Å². The number of anilines is 1. The predicted octanol–water partition coefficient (Wildman–Crippen LogP) is 2.30. The summed E-state index contributed by atoms with van der Waals surface area (Å²) in [6.07, 6.45) is 4.58. The molecular formula is C12H12N4O4. The average molecular weight is 276 g/mol. The van der Waals surface area contributed by atoms with Gasteiger partial charge in [-0.05, 0) is 24.3 Å². The van der Waals surface area contributed by atoms with Gasteiger partial charge in [-0.2, -0.15) is 0 Å². The van der Waals surface area contributed by atoms with Gasteiger partial charge in [-0.15, -0.1) is 0 Å². The van der Waals surface area contributed by atoms with Crippen LogP contribution in [0.25, 0.3) is 0 Å². The molecule has 0 heterocycles. The van der Waals surface area contributed by atoms with Crippen LogP contribution < -0.4 is 5.73 Å². The SMILES string of the molecule is N=C1C=CC([N+](=O)[O-])=CC1.Nc1ccc([N+](=O)[O-])cc1. The Labute approximate surface area is 114 Å². The van der Waals surface area contributed by atoms with Crippen molar-refractivity contribution in [3.8, 4) is 0 Å². The summed E-state index contributed by atoms with van der Waals surface area (Å²) < 4.78 is 0. The number of nitrogen functional groups attached to an aromatic ring is 1. The van der Waals surface area contributed by atoms with E-state index in [2.05, 4.69) is 0 Å². The summed E-state index contributed by atoms with van der Waals surface area (Å²) in [6, 6.07) is 5.74. The number of nitro groups is 2. The lowest BCUT2D eigenvalue weighted by atomic mass is 10.1. The van der Waals surface area contributed by atoms with Gasteiger partial charge < -0.3 is 11.1 Å². The molecule has 0 saturated heterocycles. The Bertz CT molecular complexity index is 590. The molecule has 1 aromatic rings. The largest absolute Gasteiger partial charge is 0.399 e. The zero-order chi connectivity index (χ0) is 15.1. The minimum absolute atomic E-state index is 0.0641. The smallest absolute Gasteiger partial charge is 0.269 e. The van der Waals surface area contributed by atoms with Crippen LogP contribution in [0.2, 0.25) is 0 Å². The molecule has 104 valence electrons. The van der Waals surface area contributed by atoms with Crippen molar-refractivity contribution in [2.45, 2.75) is 6.42 Å². The highest BCUT2D eigenvalue weighted by molar-refractivity contribution is 5.94. The second kappa shape index (κ2) is 6.78. The van der Waals surface area contributed by atoms with Crippen LogP contribution in [0.4, 0.5) is 11.4 Å². The van der Waals surface area contributed by atoms with E-state index in [4.69, 9.17) is 11.1 Å². The van der Waals surface area contributed by atoms with Crippen molar-refractivity contribution < 1.29 is 9.85 Å². The molecule has 1 aliphatic rings. The number of nitrogens with zero attached hydrogens (tertiary/aromatic N) is 2. The van der Waals surface area contributed by atoms with E-state index in [1.54, 1.807) is 0 Å². The molecule has 20 heavy (non-hydrogen) atoms. The molecule has 0 unspecified atom stereocenters. The molecule has 0 amide bonds. The topological polar surface area (TPSA) is 136 Å². The van der Waals surface area contributed by atoms with Crippen LogP contribution in [0, 0.1) is 25.6 Å². The molecule has 0 bridgehead atoms. The zero-order valence-corrected chi connectivity index (χ0v) is 10.4. The maximum absolute atomic E-state index is 10.1. The third-order valence-corrected chi connectivity index (χ3v) is 2.30. The first-order valence-electron chi connectivity index (χ1n) is 5.50. The van der Waals surface area contributed by atoms with Crippen LogP contribution in [0.15, 0.2) is 48.2 Å². The van der Waals surface area contributed by atoms with Gasteiger partial charge >= 0.3 is 0 Å². The Morgan fingerprint density at radius 1 is 1.05 bits per heavy atom. The Hall–Kier alpha value is -3.03. The van der Waals surface area contributed by atoms with E-state index in [0.29, 0.717) is 17.8 Å². The third-order valence-electron chi connectivity index (χ3n) is 2.30. The van der Waals surface area contributed by atoms with Crippen molar-refractivity contribution in [3.63, 3.8) is 0 Å². The first-order valence-corrected chi connectivity index (χ1v) is 5.50. The van der Waals surface area contributed by atoms with E-state index >= 15 is 0 Å². The fraction of sp³-hybridized carbons (Fsp3) is 0.0833. The number of hydrogen-bond acceptors (Lipinski definition) is 6. The highest BCUT2D eigenvalue weighted by atomic mass is 16.6. The van der Waals surface area contributed by atoms with E-state index in [-0.39, 0.29) is 11.4 Å². The van der Waals surface area contributed by atoms with Crippen molar-refractivity contribution in [2.24, 2.45) is 0 Å². The monoisotopic (exact) mass is 276 g/mol. The summed E-state index contributed by atoms with van der Waals surface area (Å²) in [7, 11) is 0. The molecule has 0 aliphatic heterocycles. The Kier molecular flexibility index (Phi) is 5.10. The lowest BCUT2D eigenvalue weighted by molar-refractivity contribution is -0.419. The predicted molar refractivity (Wildman–Crippen MR) is 74.1 cm³/mol. The zero-order valence-electron chi connectivity index (χ0n) is 10.4. The molecule has 1 aliphatic carbocycles. The molecule has 3 N–H and O–H groups in total. The van der Waals surface area contributed by atoms with Gasteiger partial charge in [0.15, 0.2) is 0 Å². The second-order valence-corrected chi connectivity index (χ2v) is 3.80. The fourth-order valence-corrected chi connectivity index (χ4v) is 1.27. The normalized spacial score (nSPS) is 13.0. The number of nitro benzene ring substituents is 1. The van der Waals surface area contributed by atoms with E-state index in [1.807, 2.05) is 0 Å². The molecule has 2 rings (SSSR count). The molecule has 0 radical (unpaired) electrons. The minimum Gasteiger partial charge on any atom is -0.399 e. The highest BCUT2D eigenvalue weighted by Crippen LogP contribution is 2.12. The van der Waals surface area contributed by atoms with Crippen molar-refractivity contribution in [1.82, 2.24) is 0 Å². The van der Waals surface area contributed by atoms with Gasteiger partial charge in [0.2, 0.25) is 0 Å². The maximum atomic E-state index is 10.1. The fourth-order valence-electron chi connectivity index (χ4n) is 1.27. The highest BCUT2D eigenvalue weighted by Gasteiger charge is 2.09. The third kappa shape index (κ3) is 4.69. The summed E-state index contributed by atoms with van der Waals surface area (Å²) in [5, 5.41) is 27.2. The number of nitrogens with two attached hydrogens (primary N) is 1. The van der Waals surface area contributed by atoms with Crippen molar-refractivity contribution in [2.75, 3.05) is 5.73 Å². The number of nitrogens with one attached hydrogen (secondary N) is 1.